The van der Waals surface area contributed by atoms with Crippen LogP contribution in [0.2, 0.25) is 0 Å². The van der Waals surface area contributed by atoms with Crippen molar-refractivity contribution < 1.29 is 23.0 Å². The zero-order valence-corrected chi connectivity index (χ0v) is 18.0. The van der Waals surface area contributed by atoms with Crippen LogP contribution in [-0.2, 0) is 11.3 Å². The third-order valence-electron chi connectivity index (χ3n) is 3.83. The van der Waals surface area contributed by atoms with E-state index in [2.05, 4.69) is 20.4 Å². The maximum absolute atomic E-state index is 12.7. The molecule has 0 aromatic heterocycles. The van der Waals surface area contributed by atoms with E-state index in [1.54, 1.807) is 32.2 Å². The van der Waals surface area contributed by atoms with Gasteiger partial charge in [0.25, 0.3) is 0 Å². The molecule has 1 aliphatic carbocycles. The molecule has 0 atom stereocenters. The molecule has 154 valence electrons. The van der Waals surface area contributed by atoms with Gasteiger partial charge in [-0.25, -0.2) is 0 Å². The van der Waals surface area contributed by atoms with Gasteiger partial charge in [0.2, 0.25) is 0 Å². The monoisotopic (exact) mass is 499 g/mol. The summed E-state index contributed by atoms with van der Waals surface area (Å²) in [7, 11) is 1.65. The summed E-state index contributed by atoms with van der Waals surface area (Å²) in [5.74, 6) is 1.63. The SMILES string of the molecule is CCOc1cccc(CNC(=NC)NCCOCC2CC2)c1OC(F)F.I. The second-order valence-electron chi connectivity index (χ2n) is 5.93. The van der Waals surface area contributed by atoms with Crippen molar-refractivity contribution in [3.8, 4) is 11.5 Å². The standard InChI is InChI=1S/C18H27F2N3O3.HI/c1-3-25-15-6-4-5-14(16(15)26-17(19)20)11-23-18(21-2)22-9-10-24-12-13-7-8-13;/h4-6,13,17H,3,7-12H2,1-2H3,(H2,21,22,23);1H. The first-order valence-corrected chi connectivity index (χ1v) is 8.85. The molecular formula is C18H28F2IN3O3. The third kappa shape index (κ3) is 8.91. The molecule has 1 aromatic carbocycles. The van der Waals surface area contributed by atoms with Crippen molar-refractivity contribution in [2.45, 2.75) is 32.9 Å². The van der Waals surface area contributed by atoms with Gasteiger partial charge in [-0.2, -0.15) is 8.78 Å². The summed E-state index contributed by atoms with van der Waals surface area (Å²) in [6, 6.07) is 5.05. The largest absolute Gasteiger partial charge is 0.490 e. The minimum atomic E-state index is -2.92. The van der Waals surface area contributed by atoms with Crippen LogP contribution in [0.4, 0.5) is 8.78 Å². The molecule has 0 aliphatic heterocycles. The second kappa shape index (κ2) is 12.9. The van der Waals surface area contributed by atoms with E-state index in [-0.39, 0.29) is 36.3 Å². The van der Waals surface area contributed by atoms with Crippen LogP contribution in [0.15, 0.2) is 23.2 Å². The number of alkyl halides is 2. The summed E-state index contributed by atoms with van der Waals surface area (Å²) in [6.45, 7) is 1.52. The average Bonchev–Trinajstić information content (AvgIpc) is 3.43. The van der Waals surface area contributed by atoms with Crippen molar-refractivity contribution in [1.29, 1.82) is 0 Å². The van der Waals surface area contributed by atoms with Crippen molar-refractivity contribution in [2.24, 2.45) is 10.9 Å². The highest BCUT2D eigenvalue weighted by atomic mass is 127. The van der Waals surface area contributed by atoms with Gasteiger partial charge < -0.3 is 24.8 Å². The van der Waals surface area contributed by atoms with Crippen LogP contribution in [-0.4, -0.2) is 46.0 Å². The van der Waals surface area contributed by atoms with Crippen LogP contribution in [0.1, 0.15) is 25.3 Å². The number of ether oxygens (including phenoxy) is 3. The number of benzene rings is 1. The lowest BCUT2D eigenvalue weighted by Gasteiger charge is -2.17. The van der Waals surface area contributed by atoms with Crippen LogP contribution in [0.25, 0.3) is 0 Å². The lowest BCUT2D eigenvalue weighted by molar-refractivity contribution is -0.0520. The molecule has 1 saturated carbocycles. The zero-order valence-electron chi connectivity index (χ0n) is 15.7. The fraction of sp³-hybridized carbons (Fsp3) is 0.611. The highest BCUT2D eigenvalue weighted by Crippen LogP contribution is 2.32. The summed E-state index contributed by atoms with van der Waals surface area (Å²) < 4.78 is 41.1. The molecule has 1 aromatic rings. The summed E-state index contributed by atoms with van der Waals surface area (Å²) in [5, 5.41) is 6.21. The van der Waals surface area contributed by atoms with E-state index < -0.39 is 6.61 Å². The number of nitrogens with zero attached hydrogens (tertiary/aromatic N) is 1. The van der Waals surface area contributed by atoms with Gasteiger partial charge in [0.1, 0.15) is 0 Å². The second-order valence-corrected chi connectivity index (χ2v) is 5.93. The fourth-order valence-electron chi connectivity index (χ4n) is 2.37. The van der Waals surface area contributed by atoms with Gasteiger partial charge in [0, 0.05) is 32.3 Å². The number of hydrogen-bond donors (Lipinski definition) is 2. The smallest absolute Gasteiger partial charge is 0.387 e. The molecule has 0 bridgehead atoms. The first kappa shape index (κ1) is 23.7. The van der Waals surface area contributed by atoms with Gasteiger partial charge >= 0.3 is 6.61 Å². The highest BCUT2D eigenvalue weighted by molar-refractivity contribution is 14.0. The molecule has 0 heterocycles. The number of nitrogens with one attached hydrogen (secondary N) is 2. The number of rotatable bonds is 11. The predicted octanol–water partition coefficient (Wildman–Crippen LogP) is 3.40. The van der Waals surface area contributed by atoms with Gasteiger partial charge in [-0.3, -0.25) is 4.99 Å². The quantitative estimate of drug-likeness (QED) is 0.212. The predicted molar refractivity (Wildman–Crippen MR) is 111 cm³/mol. The molecule has 0 saturated heterocycles. The summed E-state index contributed by atoms with van der Waals surface area (Å²) in [5.41, 5.74) is 0.559. The van der Waals surface area contributed by atoms with Gasteiger partial charge in [-0.1, -0.05) is 12.1 Å². The van der Waals surface area contributed by atoms with Crippen LogP contribution in [0.5, 0.6) is 11.5 Å². The van der Waals surface area contributed by atoms with E-state index >= 15 is 0 Å². The van der Waals surface area contributed by atoms with Gasteiger partial charge in [-0.05, 0) is 31.7 Å². The lowest BCUT2D eigenvalue weighted by atomic mass is 10.2. The average molecular weight is 499 g/mol. The number of hydrogen-bond acceptors (Lipinski definition) is 4. The Morgan fingerprint density at radius 2 is 2.07 bits per heavy atom. The lowest BCUT2D eigenvalue weighted by Crippen LogP contribution is -2.38. The molecule has 2 rings (SSSR count). The van der Waals surface area contributed by atoms with E-state index in [1.807, 2.05) is 0 Å². The molecule has 0 unspecified atom stereocenters. The minimum Gasteiger partial charge on any atom is -0.490 e. The maximum atomic E-state index is 12.7. The topological polar surface area (TPSA) is 64.1 Å². The summed E-state index contributed by atoms with van der Waals surface area (Å²) in [6.07, 6.45) is 2.53. The molecule has 9 heteroatoms. The molecular weight excluding hydrogens is 471 g/mol. The normalized spacial score (nSPS) is 13.9. The van der Waals surface area contributed by atoms with Crippen LogP contribution in [0.3, 0.4) is 0 Å². The Kier molecular flexibility index (Phi) is 11.3. The van der Waals surface area contributed by atoms with E-state index in [1.165, 1.54) is 12.8 Å². The van der Waals surface area contributed by atoms with E-state index in [4.69, 9.17) is 9.47 Å². The Balaban J connectivity index is 0.00000364. The van der Waals surface area contributed by atoms with Crippen LogP contribution in [0, 0.1) is 5.92 Å². The summed E-state index contributed by atoms with van der Waals surface area (Å²) in [4.78, 5) is 4.12. The van der Waals surface area contributed by atoms with Crippen molar-refractivity contribution in [1.82, 2.24) is 10.6 Å². The molecule has 0 spiro atoms. The van der Waals surface area contributed by atoms with Crippen molar-refractivity contribution in [2.75, 3.05) is 33.4 Å². The Morgan fingerprint density at radius 3 is 2.70 bits per heavy atom. The van der Waals surface area contributed by atoms with Crippen molar-refractivity contribution >= 4 is 29.9 Å². The highest BCUT2D eigenvalue weighted by Gasteiger charge is 2.21. The van der Waals surface area contributed by atoms with Crippen LogP contribution < -0.4 is 20.1 Å². The molecule has 0 radical (unpaired) electrons. The number of aliphatic imine (C=N–C) groups is 1. The molecule has 1 fully saturated rings. The first-order valence-electron chi connectivity index (χ1n) is 8.85. The minimum absolute atomic E-state index is 0. The van der Waals surface area contributed by atoms with Gasteiger partial charge in [-0.15, -0.1) is 24.0 Å². The van der Waals surface area contributed by atoms with E-state index in [0.717, 1.165) is 12.5 Å². The third-order valence-corrected chi connectivity index (χ3v) is 3.83. The number of para-hydroxylation sites is 1. The zero-order chi connectivity index (χ0) is 18.8. The molecule has 0 amide bonds. The molecule has 1 aliphatic rings. The van der Waals surface area contributed by atoms with Gasteiger partial charge in [0.15, 0.2) is 17.5 Å². The Morgan fingerprint density at radius 1 is 1.30 bits per heavy atom. The molecule has 2 N–H and O–H groups in total. The van der Waals surface area contributed by atoms with E-state index in [9.17, 15) is 8.78 Å². The first-order chi connectivity index (χ1) is 12.6. The number of halogens is 3. The fourth-order valence-corrected chi connectivity index (χ4v) is 2.37. The Hall–Kier alpha value is -1.36. The molecule has 6 nitrogen and oxygen atoms in total. The van der Waals surface area contributed by atoms with E-state index in [0.29, 0.717) is 37.0 Å². The van der Waals surface area contributed by atoms with Gasteiger partial charge in [0.05, 0.1) is 13.2 Å². The Bertz CT molecular complexity index is 587. The summed E-state index contributed by atoms with van der Waals surface area (Å²) >= 11 is 0. The maximum Gasteiger partial charge on any atom is 0.387 e. The molecule has 27 heavy (non-hydrogen) atoms. The van der Waals surface area contributed by atoms with Crippen molar-refractivity contribution in [3.05, 3.63) is 23.8 Å². The Labute approximate surface area is 176 Å². The van der Waals surface area contributed by atoms with Crippen molar-refractivity contribution in [3.63, 3.8) is 0 Å². The number of guanidine groups is 1. The van der Waals surface area contributed by atoms with Crippen LogP contribution >= 0.6 is 24.0 Å².